The third kappa shape index (κ3) is 4.33. The first kappa shape index (κ1) is 14.4. The molecular weight excluding hydrogens is 334 g/mol. The summed E-state index contributed by atoms with van der Waals surface area (Å²) >= 11 is 10.2. The number of hydrogen-bond donors (Lipinski definition) is 1. The number of alkyl halides is 1. The predicted octanol–water partition coefficient (Wildman–Crippen LogP) is 3.24. The summed E-state index contributed by atoms with van der Waals surface area (Å²) in [5.41, 5.74) is 0. The van der Waals surface area contributed by atoms with Gasteiger partial charge < -0.3 is 0 Å². The van der Waals surface area contributed by atoms with Gasteiger partial charge in [0.2, 0.25) is 10.0 Å². The fourth-order valence-corrected chi connectivity index (χ4v) is 4.57. The van der Waals surface area contributed by atoms with Gasteiger partial charge in [-0.25, -0.2) is 13.1 Å². The fourth-order valence-electron chi connectivity index (χ4n) is 1.13. The van der Waals surface area contributed by atoms with E-state index in [2.05, 4.69) is 27.6 Å². The second kappa shape index (κ2) is 6.35. The molecule has 0 aliphatic heterocycles. The van der Waals surface area contributed by atoms with Crippen molar-refractivity contribution in [3.05, 3.63) is 16.5 Å². The zero-order chi connectivity index (χ0) is 12.2. The van der Waals surface area contributed by atoms with Crippen molar-refractivity contribution in [2.75, 3.05) is 6.54 Å². The van der Waals surface area contributed by atoms with Crippen LogP contribution in [0.25, 0.3) is 0 Å². The minimum absolute atomic E-state index is 0.169. The normalized spacial score (nSPS) is 13.9. The SMILES string of the molecule is CCCC(Br)CNS(=O)(=O)c1ccc(Cl)s1. The van der Waals surface area contributed by atoms with E-state index in [1.54, 1.807) is 6.07 Å². The van der Waals surface area contributed by atoms with Gasteiger partial charge in [-0.3, -0.25) is 0 Å². The minimum Gasteiger partial charge on any atom is -0.209 e. The highest BCUT2D eigenvalue weighted by molar-refractivity contribution is 9.09. The molecule has 16 heavy (non-hydrogen) atoms. The fraction of sp³-hybridized carbons (Fsp3) is 0.556. The molecule has 7 heteroatoms. The lowest BCUT2D eigenvalue weighted by Crippen LogP contribution is -2.29. The highest BCUT2D eigenvalue weighted by atomic mass is 79.9. The average Bonchev–Trinajstić information content (AvgIpc) is 2.63. The first-order valence-corrected chi connectivity index (χ1v) is 8.44. The highest BCUT2D eigenvalue weighted by Gasteiger charge is 2.17. The Kier molecular flexibility index (Phi) is 5.73. The topological polar surface area (TPSA) is 46.2 Å². The Labute approximate surface area is 113 Å². The molecule has 0 saturated carbocycles. The smallest absolute Gasteiger partial charge is 0.209 e. The molecule has 0 fully saturated rings. The van der Waals surface area contributed by atoms with Crippen LogP contribution in [-0.4, -0.2) is 19.8 Å². The molecule has 0 aromatic carbocycles. The van der Waals surface area contributed by atoms with E-state index in [0.717, 1.165) is 24.2 Å². The molecule has 0 amide bonds. The predicted molar refractivity (Wildman–Crippen MR) is 72.1 cm³/mol. The number of sulfonamides is 1. The molecule has 3 nitrogen and oxygen atoms in total. The van der Waals surface area contributed by atoms with Crippen molar-refractivity contribution in [1.82, 2.24) is 4.72 Å². The van der Waals surface area contributed by atoms with Crippen LogP contribution in [-0.2, 0) is 10.0 Å². The van der Waals surface area contributed by atoms with Crippen LogP contribution in [0.15, 0.2) is 16.3 Å². The lowest BCUT2D eigenvalue weighted by Gasteiger charge is -2.09. The first-order chi connectivity index (χ1) is 7.45. The molecule has 1 N–H and O–H groups in total. The lowest BCUT2D eigenvalue weighted by molar-refractivity contribution is 0.580. The van der Waals surface area contributed by atoms with Crippen LogP contribution >= 0.6 is 38.9 Å². The Morgan fingerprint density at radius 2 is 2.25 bits per heavy atom. The second-order valence-electron chi connectivity index (χ2n) is 3.30. The zero-order valence-corrected chi connectivity index (χ0v) is 12.7. The van der Waals surface area contributed by atoms with Crippen LogP contribution in [0, 0.1) is 0 Å². The summed E-state index contributed by atoms with van der Waals surface area (Å²) in [5, 5.41) is 0. The van der Waals surface area contributed by atoms with Crippen LogP contribution in [0.1, 0.15) is 19.8 Å². The maximum absolute atomic E-state index is 11.8. The summed E-state index contributed by atoms with van der Waals surface area (Å²) in [6.07, 6.45) is 1.95. The van der Waals surface area contributed by atoms with Gasteiger partial charge in [-0.15, -0.1) is 11.3 Å². The van der Waals surface area contributed by atoms with Gasteiger partial charge in [-0.2, -0.15) is 0 Å². The molecule has 0 bridgehead atoms. The van der Waals surface area contributed by atoms with E-state index < -0.39 is 10.0 Å². The number of halogens is 2. The van der Waals surface area contributed by atoms with Gasteiger partial charge >= 0.3 is 0 Å². The van der Waals surface area contributed by atoms with E-state index in [1.165, 1.54) is 6.07 Å². The first-order valence-electron chi connectivity index (χ1n) is 4.84. The Bertz CT molecular complexity index is 432. The van der Waals surface area contributed by atoms with Crippen LogP contribution in [0.4, 0.5) is 0 Å². The molecule has 0 aliphatic rings. The molecule has 0 saturated heterocycles. The molecule has 1 atom stereocenters. The quantitative estimate of drug-likeness (QED) is 0.804. The van der Waals surface area contributed by atoms with E-state index in [4.69, 9.17) is 11.6 Å². The number of thiophene rings is 1. The van der Waals surface area contributed by atoms with Crippen LogP contribution in [0.3, 0.4) is 0 Å². The van der Waals surface area contributed by atoms with Crippen LogP contribution in [0.2, 0.25) is 4.34 Å². The Morgan fingerprint density at radius 1 is 1.56 bits per heavy atom. The van der Waals surface area contributed by atoms with E-state index in [-0.39, 0.29) is 9.04 Å². The summed E-state index contributed by atoms with van der Waals surface area (Å²) < 4.78 is 26.8. The van der Waals surface area contributed by atoms with Crippen molar-refractivity contribution < 1.29 is 8.42 Å². The Balaban J connectivity index is 2.59. The van der Waals surface area contributed by atoms with Crippen molar-refractivity contribution in [3.8, 4) is 0 Å². The summed E-state index contributed by atoms with van der Waals surface area (Å²) in [7, 11) is -3.40. The van der Waals surface area contributed by atoms with E-state index >= 15 is 0 Å². The Morgan fingerprint density at radius 3 is 2.75 bits per heavy atom. The molecule has 1 unspecified atom stereocenters. The third-order valence-electron chi connectivity index (χ3n) is 1.91. The maximum atomic E-state index is 11.8. The third-order valence-corrected chi connectivity index (χ3v) is 5.84. The van der Waals surface area contributed by atoms with Crippen molar-refractivity contribution in [3.63, 3.8) is 0 Å². The van der Waals surface area contributed by atoms with Gasteiger partial charge in [0.05, 0.1) is 4.34 Å². The van der Waals surface area contributed by atoms with Gasteiger partial charge in [0, 0.05) is 11.4 Å². The van der Waals surface area contributed by atoms with Crippen molar-refractivity contribution in [2.45, 2.75) is 28.8 Å². The van der Waals surface area contributed by atoms with E-state index in [1.807, 2.05) is 0 Å². The summed E-state index contributed by atoms with van der Waals surface area (Å²) in [6, 6.07) is 3.09. The average molecular weight is 347 g/mol. The minimum atomic E-state index is -3.40. The molecule has 1 rings (SSSR count). The van der Waals surface area contributed by atoms with E-state index in [9.17, 15) is 8.42 Å². The van der Waals surface area contributed by atoms with Gasteiger partial charge in [-0.05, 0) is 18.6 Å². The van der Waals surface area contributed by atoms with Crippen LogP contribution < -0.4 is 4.72 Å². The molecule has 0 radical (unpaired) electrons. The maximum Gasteiger partial charge on any atom is 0.250 e. The second-order valence-corrected chi connectivity index (χ2v) is 8.30. The zero-order valence-electron chi connectivity index (χ0n) is 8.74. The van der Waals surface area contributed by atoms with Crippen LogP contribution in [0.5, 0.6) is 0 Å². The largest absolute Gasteiger partial charge is 0.250 e. The van der Waals surface area contributed by atoms with Crippen molar-refractivity contribution in [2.24, 2.45) is 0 Å². The molecule has 1 heterocycles. The molecule has 92 valence electrons. The lowest BCUT2D eigenvalue weighted by atomic mass is 10.2. The highest BCUT2D eigenvalue weighted by Crippen LogP contribution is 2.25. The Hall–Kier alpha value is 0.380. The van der Waals surface area contributed by atoms with Gasteiger partial charge in [0.25, 0.3) is 0 Å². The van der Waals surface area contributed by atoms with Crippen molar-refractivity contribution in [1.29, 1.82) is 0 Å². The van der Waals surface area contributed by atoms with Crippen molar-refractivity contribution >= 4 is 48.9 Å². The molecule has 0 spiro atoms. The summed E-state index contributed by atoms with van der Waals surface area (Å²) in [5.74, 6) is 0. The summed E-state index contributed by atoms with van der Waals surface area (Å²) in [4.78, 5) is 0.169. The van der Waals surface area contributed by atoms with E-state index in [0.29, 0.717) is 10.9 Å². The van der Waals surface area contributed by atoms with Gasteiger partial charge in [-0.1, -0.05) is 40.9 Å². The molecule has 0 aliphatic carbocycles. The molecule has 1 aromatic rings. The van der Waals surface area contributed by atoms with Gasteiger partial charge in [0.15, 0.2) is 0 Å². The van der Waals surface area contributed by atoms with Gasteiger partial charge in [0.1, 0.15) is 4.21 Å². The number of rotatable bonds is 6. The standard InChI is InChI=1S/C9H13BrClNO2S2/c1-2-3-7(10)6-12-16(13,14)9-5-4-8(11)15-9/h4-5,7,12H,2-3,6H2,1H3. The number of nitrogens with one attached hydrogen (secondary N) is 1. The summed E-state index contributed by atoms with van der Waals surface area (Å²) in [6.45, 7) is 2.45. The monoisotopic (exact) mass is 345 g/mol. The molecule has 1 aromatic heterocycles. The number of hydrogen-bond acceptors (Lipinski definition) is 3. The molecular formula is C9H13BrClNO2S2.